The van der Waals surface area contributed by atoms with Crippen molar-refractivity contribution in [2.45, 2.75) is 38.4 Å². The van der Waals surface area contributed by atoms with Gasteiger partial charge in [-0.05, 0) is 36.9 Å². The largest absolute Gasteiger partial charge is 0.348 e. The van der Waals surface area contributed by atoms with E-state index in [0.717, 1.165) is 25.9 Å². The minimum atomic E-state index is -0.109. The Bertz CT molecular complexity index is 602. The van der Waals surface area contributed by atoms with E-state index in [4.69, 9.17) is 0 Å². The summed E-state index contributed by atoms with van der Waals surface area (Å²) in [5.41, 5.74) is 1.76. The van der Waals surface area contributed by atoms with Crippen LogP contribution in [0.5, 0.6) is 0 Å². The predicted octanol–water partition coefficient (Wildman–Crippen LogP) is 2.32. The lowest BCUT2D eigenvalue weighted by atomic mass is 9.97. The molecule has 5 nitrogen and oxygen atoms in total. The van der Waals surface area contributed by atoms with E-state index < -0.39 is 0 Å². The molecule has 116 valence electrons. The van der Waals surface area contributed by atoms with E-state index in [9.17, 15) is 4.79 Å². The number of nitrogens with one attached hydrogen (secondary N) is 1. The molecule has 2 aromatic rings. The Labute approximate surface area is 134 Å². The van der Waals surface area contributed by atoms with Crippen molar-refractivity contribution in [2.75, 3.05) is 6.54 Å². The third-order valence-corrected chi connectivity index (χ3v) is 4.67. The molecule has 0 spiro atoms. The van der Waals surface area contributed by atoms with Gasteiger partial charge in [-0.3, -0.25) is 9.69 Å². The molecule has 1 aliphatic heterocycles. The van der Waals surface area contributed by atoms with Gasteiger partial charge in [-0.15, -0.1) is 5.10 Å². The topological polar surface area (TPSA) is 58.1 Å². The van der Waals surface area contributed by atoms with E-state index in [0.29, 0.717) is 11.7 Å². The van der Waals surface area contributed by atoms with Gasteiger partial charge in [-0.1, -0.05) is 34.8 Å². The summed E-state index contributed by atoms with van der Waals surface area (Å²) in [4.78, 5) is 14.5. The lowest BCUT2D eigenvalue weighted by molar-refractivity contribution is 0.0862. The number of amides is 1. The van der Waals surface area contributed by atoms with Gasteiger partial charge in [0.25, 0.3) is 5.91 Å². The molecule has 1 saturated heterocycles. The number of benzene rings is 1. The molecule has 0 bridgehead atoms. The fourth-order valence-electron chi connectivity index (χ4n) is 2.93. The smallest absolute Gasteiger partial charge is 0.272 e. The van der Waals surface area contributed by atoms with E-state index in [1.54, 1.807) is 5.38 Å². The maximum atomic E-state index is 12.0. The van der Waals surface area contributed by atoms with Crippen LogP contribution >= 0.6 is 11.5 Å². The first-order valence-electron chi connectivity index (χ1n) is 7.58. The van der Waals surface area contributed by atoms with Crippen LogP contribution in [0.1, 0.15) is 35.8 Å². The molecule has 22 heavy (non-hydrogen) atoms. The second kappa shape index (κ2) is 6.98. The third kappa shape index (κ3) is 3.69. The zero-order valence-electron chi connectivity index (χ0n) is 12.6. The summed E-state index contributed by atoms with van der Waals surface area (Å²) in [7, 11) is 0. The Morgan fingerprint density at radius 1 is 1.41 bits per heavy atom. The Kier molecular flexibility index (Phi) is 4.80. The van der Waals surface area contributed by atoms with Crippen molar-refractivity contribution < 1.29 is 4.79 Å². The zero-order chi connectivity index (χ0) is 15.4. The molecular weight excluding hydrogens is 296 g/mol. The number of nitrogens with zero attached hydrogens (tertiary/aromatic N) is 3. The Morgan fingerprint density at radius 3 is 2.91 bits per heavy atom. The molecule has 0 saturated carbocycles. The Morgan fingerprint density at radius 2 is 2.23 bits per heavy atom. The maximum Gasteiger partial charge on any atom is 0.272 e. The number of rotatable bonds is 4. The van der Waals surface area contributed by atoms with Gasteiger partial charge in [0.05, 0.1) is 0 Å². The average Bonchev–Trinajstić information content (AvgIpc) is 3.05. The first kappa shape index (κ1) is 15.1. The van der Waals surface area contributed by atoms with Crippen LogP contribution in [-0.2, 0) is 6.54 Å². The first-order valence-corrected chi connectivity index (χ1v) is 8.42. The summed E-state index contributed by atoms with van der Waals surface area (Å²) in [6.45, 7) is 4.20. The molecule has 1 N–H and O–H groups in total. The third-order valence-electron chi connectivity index (χ3n) is 4.17. The summed E-state index contributed by atoms with van der Waals surface area (Å²) >= 11 is 1.20. The molecule has 3 rings (SSSR count). The minimum absolute atomic E-state index is 0.109. The summed E-state index contributed by atoms with van der Waals surface area (Å²) in [5.74, 6) is -0.109. The van der Waals surface area contributed by atoms with Crippen molar-refractivity contribution in [2.24, 2.45) is 0 Å². The van der Waals surface area contributed by atoms with Gasteiger partial charge >= 0.3 is 0 Å². The standard InChI is InChI=1S/C16H20N4OS/c1-12-9-14(17-16(21)15-11-22-19-18-15)7-8-20(12)10-13-5-3-2-4-6-13/h2-6,11-12,14H,7-10H2,1H3,(H,17,21)/t12-,14+/m0/s1. The number of aromatic nitrogens is 2. The monoisotopic (exact) mass is 316 g/mol. The highest BCUT2D eigenvalue weighted by Crippen LogP contribution is 2.20. The van der Waals surface area contributed by atoms with E-state index in [-0.39, 0.29) is 11.9 Å². The maximum absolute atomic E-state index is 12.0. The fraction of sp³-hybridized carbons (Fsp3) is 0.438. The quantitative estimate of drug-likeness (QED) is 0.940. The van der Waals surface area contributed by atoms with Crippen LogP contribution in [0, 0.1) is 0 Å². The molecule has 0 aliphatic carbocycles. The lowest BCUT2D eigenvalue weighted by Crippen LogP contribution is -2.48. The van der Waals surface area contributed by atoms with E-state index >= 15 is 0 Å². The first-order chi connectivity index (χ1) is 10.7. The number of carbonyl (C=O) groups excluding carboxylic acids is 1. The van der Waals surface area contributed by atoms with E-state index in [1.165, 1.54) is 17.1 Å². The zero-order valence-corrected chi connectivity index (χ0v) is 13.4. The van der Waals surface area contributed by atoms with Gasteiger partial charge < -0.3 is 5.32 Å². The highest BCUT2D eigenvalue weighted by molar-refractivity contribution is 7.03. The Hall–Kier alpha value is -1.79. The second-order valence-corrected chi connectivity index (χ2v) is 6.40. The minimum Gasteiger partial charge on any atom is -0.348 e. The molecule has 1 aliphatic rings. The fourth-order valence-corrected chi connectivity index (χ4v) is 3.36. The van der Waals surface area contributed by atoms with Gasteiger partial charge in [0.1, 0.15) is 0 Å². The van der Waals surface area contributed by atoms with Crippen molar-refractivity contribution in [1.29, 1.82) is 0 Å². The van der Waals surface area contributed by atoms with Crippen molar-refractivity contribution in [3.05, 3.63) is 47.0 Å². The van der Waals surface area contributed by atoms with Crippen LogP contribution in [-0.4, -0.2) is 39.0 Å². The molecular formula is C16H20N4OS. The van der Waals surface area contributed by atoms with Crippen molar-refractivity contribution >= 4 is 17.4 Å². The molecule has 1 aromatic heterocycles. The van der Waals surface area contributed by atoms with Crippen LogP contribution in [0.3, 0.4) is 0 Å². The SMILES string of the molecule is C[C@H]1C[C@H](NC(=O)c2csnn2)CCN1Cc1ccccc1. The van der Waals surface area contributed by atoms with Crippen LogP contribution in [0.2, 0.25) is 0 Å². The highest BCUT2D eigenvalue weighted by Gasteiger charge is 2.27. The number of hydrogen-bond donors (Lipinski definition) is 1. The summed E-state index contributed by atoms with van der Waals surface area (Å²) < 4.78 is 3.73. The Balaban J connectivity index is 1.52. The molecule has 2 heterocycles. The van der Waals surface area contributed by atoms with E-state index in [2.05, 4.69) is 51.0 Å². The molecule has 1 aromatic carbocycles. The number of carbonyl (C=O) groups is 1. The van der Waals surface area contributed by atoms with Gasteiger partial charge in [-0.25, -0.2) is 0 Å². The molecule has 6 heteroatoms. The highest BCUT2D eigenvalue weighted by atomic mass is 32.1. The normalized spacial score (nSPS) is 22.4. The van der Waals surface area contributed by atoms with Crippen LogP contribution in [0.4, 0.5) is 0 Å². The van der Waals surface area contributed by atoms with Crippen LogP contribution < -0.4 is 5.32 Å². The molecule has 2 atom stereocenters. The van der Waals surface area contributed by atoms with Crippen molar-refractivity contribution in [3.8, 4) is 0 Å². The van der Waals surface area contributed by atoms with Crippen molar-refractivity contribution in [3.63, 3.8) is 0 Å². The van der Waals surface area contributed by atoms with Crippen molar-refractivity contribution in [1.82, 2.24) is 19.8 Å². The van der Waals surface area contributed by atoms with Crippen LogP contribution in [0.15, 0.2) is 35.7 Å². The molecule has 0 radical (unpaired) electrons. The second-order valence-electron chi connectivity index (χ2n) is 5.79. The summed E-state index contributed by atoms with van der Waals surface area (Å²) in [6.07, 6.45) is 1.94. The molecule has 0 unspecified atom stereocenters. The molecule has 1 fully saturated rings. The van der Waals surface area contributed by atoms with Crippen LogP contribution in [0.25, 0.3) is 0 Å². The van der Waals surface area contributed by atoms with Gasteiger partial charge in [0.2, 0.25) is 0 Å². The van der Waals surface area contributed by atoms with E-state index in [1.807, 2.05) is 6.07 Å². The molecule has 1 amide bonds. The number of likely N-dealkylation sites (tertiary alicyclic amines) is 1. The van der Waals surface area contributed by atoms with Gasteiger partial charge in [-0.2, -0.15) is 0 Å². The number of piperidine rings is 1. The lowest BCUT2D eigenvalue weighted by Gasteiger charge is -2.37. The van der Waals surface area contributed by atoms with Gasteiger partial charge in [0.15, 0.2) is 5.69 Å². The number of hydrogen-bond acceptors (Lipinski definition) is 5. The average molecular weight is 316 g/mol. The predicted molar refractivity (Wildman–Crippen MR) is 86.7 cm³/mol. The summed E-state index contributed by atoms with van der Waals surface area (Å²) in [5, 5.41) is 8.58. The van der Waals surface area contributed by atoms with Gasteiger partial charge in [0, 0.05) is 30.6 Å². The summed E-state index contributed by atoms with van der Waals surface area (Å²) in [6, 6.07) is 11.2.